The number of thiazole rings is 1. The first-order valence-corrected chi connectivity index (χ1v) is 14.3. The number of hydrogen-bond donors (Lipinski definition) is 3. The molecule has 41 heavy (non-hydrogen) atoms. The van der Waals surface area contributed by atoms with Crippen LogP contribution in [0.4, 0.5) is 5.69 Å². The van der Waals surface area contributed by atoms with Crippen LogP contribution < -0.4 is 15.0 Å². The molecular weight excluding hydrogens is 540 g/mol. The van der Waals surface area contributed by atoms with Crippen molar-refractivity contribution in [1.82, 2.24) is 15.2 Å². The number of carbonyl (C=O) groups excluding carboxylic acids is 2. The standard InChI is InChI=1S/C31H32N4O5S/c36-27(28(37)31(39)35-16-14-34(15-17-35)25-11-5-2-6-12-25)29(38)32-19-22-8-7-13-26(18-22)40-20-24-21-41-30(33-24)23-9-3-1-4-10-23/h1-13,18,21,27-28,36-37H,14-17,19-20H2,(H,32,38)/t27-,28-/m1/s1. The van der Waals surface area contributed by atoms with E-state index in [1.54, 1.807) is 23.5 Å². The second-order valence-corrected chi connectivity index (χ2v) is 10.6. The third-order valence-electron chi connectivity index (χ3n) is 6.86. The van der Waals surface area contributed by atoms with Crippen molar-refractivity contribution in [2.75, 3.05) is 31.1 Å². The van der Waals surface area contributed by atoms with Crippen molar-refractivity contribution >= 4 is 28.8 Å². The Morgan fingerprint density at radius 1 is 0.902 bits per heavy atom. The topological polar surface area (TPSA) is 115 Å². The molecule has 0 spiro atoms. The van der Waals surface area contributed by atoms with E-state index in [4.69, 9.17) is 4.74 Å². The monoisotopic (exact) mass is 572 g/mol. The minimum atomic E-state index is -1.88. The highest BCUT2D eigenvalue weighted by atomic mass is 32.1. The number of aliphatic hydroxyl groups is 2. The third kappa shape index (κ3) is 7.29. The fraction of sp³-hybridized carbons (Fsp3) is 0.258. The smallest absolute Gasteiger partial charge is 0.254 e. The van der Waals surface area contributed by atoms with Crippen molar-refractivity contribution in [2.24, 2.45) is 0 Å². The number of nitrogens with one attached hydrogen (secondary N) is 1. The highest BCUT2D eigenvalue weighted by Crippen LogP contribution is 2.24. The van der Waals surface area contributed by atoms with E-state index in [9.17, 15) is 19.8 Å². The van der Waals surface area contributed by atoms with Crippen LogP contribution in [0.3, 0.4) is 0 Å². The number of ether oxygens (including phenoxy) is 1. The van der Waals surface area contributed by atoms with E-state index in [0.717, 1.165) is 27.5 Å². The summed E-state index contributed by atoms with van der Waals surface area (Å²) in [4.78, 5) is 33.6. The van der Waals surface area contributed by atoms with Gasteiger partial charge in [0.2, 0.25) is 0 Å². The molecule has 0 saturated carbocycles. The van der Waals surface area contributed by atoms with Crippen molar-refractivity contribution in [2.45, 2.75) is 25.4 Å². The molecule has 0 unspecified atom stereocenters. The zero-order valence-electron chi connectivity index (χ0n) is 22.4. The quantitative estimate of drug-likeness (QED) is 0.268. The van der Waals surface area contributed by atoms with E-state index in [1.165, 1.54) is 4.90 Å². The molecule has 0 bridgehead atoms. The number of nitrogens with zero attached hydrogens (tertiary/aromatic N) is 3. The zero-order chi connectivity index (χ0) is 28.6. The van der Waals surface area contributed by atoms with E-state index in [0.29, 0.717) is 38.5 Å². The Hall–Kier alpha value is -4.25. The maximum absolute atomic E-state index is 12.8. The van der Waals surface area contributed by atoms with E-state index < -0.39 is 24.0 Å². The molecule has 2 atom stereocenters. The predicted octanol–water partition coefficient (Wildman–Crippen LogP) is 3.08. The van der Waals surface area contributed by atoms with Crippen LogP contribution in [0.15, 0.2) is 90.3 Å². The molecule has 2 heterocycles. The van der Waals surface area contributed by atoms with Gasteiger partial charge in [0, 0.05) is 49.4 Å². The van der Waals surface area contributed by atoms with Gasteiger partial charge >= 0.3 is 0 Å². The van der Waals surface area contributed by atoms with Crippen LogP contribution in [0.1, 0.15) is 11.3 Å². The summed E-state index contributed by atoms with van der Waals surface area (Å²) in [6, 6.07) is 27.0. The van der Waals surface area contributed by atoms with Crippen LogP contribution in [-0.2, 0) is 22.7 Å². The lowest BCUT2D eigenvalue weighted by Gasteiger charge is -2.37. The molecule has 1 aromatic heterocycles. The Morgan fingerprint density at radius 3 is 2.34 bits per heavy atom. The number of piperazine rings is 1. The molecule has 3 N–H and O–H groups in total. The van der Waals surface area contributed by atoms with Crippen molar-refractivity contribution in [3.05, 3.63) is 102 Å². The van der Waals surface area contributed by atoms with Gasteiger partial charge in [0.1, 0.15) is 17.4 Å². The van der Waals surface area contributed by atoms with Crippen molar-refractivity contribution in [1.29, 1.82) is 0 Å². The normalized spacial score (nSPS) is 14.8. The van der Waals surface area contributed by atoms with Crippen LogP contribution in [0.25, 0.3) is 10.6 Å². The molecule has 1 aliphatic heterocycles. The molecule has 0 aliphatic carbocycles. The van der Waals surface area contributed by atoms with E-state index in [1.807, 2.05) is 78.2 Å². The average Bonchev–Trinajstić information content (AvgIpc) is 3.52. The summed E-state index contributed by atoms with van der Waals surface area (Å²) >= 11 is 1.56. The lowest BCUT2D eigenvalue weighted by atomic mass is 10.1. The number of hydrogen-bond acceptors (Lipinski definition) is 8. The largest absolute Gasteiger partial charge is 0.487 e. The average molecular weight is 573 g/mol. The Kier molecular flexibility index (Phi) is 9.25. The fourth-order valence-corrected chi connectivity index (χ4v) is 5.38. The van der Waals surface area contributed by atoms with Gasteiger partial charge in [-0.2, -0.15) is 0 Å². The van der Waals surface area contributed by atoms with Gasteiger partial charge in [-0.05, 0) is 29.8 Å². The highest BCUT2D eigenvalue weighted by Gasteiger charge is 2.34. The van der Waals surface area contributed by atoms with Gasteiger partial charge in [-0.25, -0.2) is 4.98 Å². The lowest BCUT2D eigenvalue weighted by molar-refractivity contribution is -0.153. The number of aromatic nitrogens is 1. The highest BCUT2D eigenvalue weighted by molar-refractivity contribution is 7.13. The number of rotatable bonds is 10. The lowest BCUT2D eigenvalue weighted by Crippen LogP contribution is -2.55. The van der Waals surface area contributed by atoms with Crippen molar-refractivity contribution in [3.63, 3.8) is 0 Å². The molecule has 1 saturated heterocycles. The second-order valence-electron chi connectivity index (χ2n) is 9.70. The fourth-order valence-electron chi connectivity index (χ4n) is 4.57. The number of amides is 2. The number of carbonyl (C=O) groups is 2. The Bertz CT molecular complexity index is 1440. The summed E-state index contributed by atoms with van der Waals surface area (Å²) in [5.74, 6) is -0.874. The van der Waals surface area contributed by atoms with E-state index >= 15 is 0 Å². The van der Waals surface area contributed by atoms with Crippen LogP contribution in [-0.4, -0.2) is 70.3 Å². The van der Waals surface area contributed by atoms with E-state index in [-0.39, 0.29) is 6.54 Å². The first kappa shape index (κ1) is 28.3. The number of benzene rings is 3. The summed E-state index contributed by atoms with van der Waals surface area (Å²) in [5.41, 5.74) is 3.68. The van der Waals surface area contributed by atoms with Gasteiger partial charge in [-0.1, -0.05) is 60.7 Å². The number of aliphatic hydroxyl groups excluding tert-OH is 2. The molecule has 1 aliphatic rings. The van der Waals surface area contributed by atoms with Gasteiger partial charge in [-0.15, -0.1) is 11.3 Å². The van der Waals surface area contributed by atoms with Crippen LogP contribution in [0.2, 0.25) is 0 Å². The summed E-state index contributed by atoms with van der Waals surface area (Å²) in [5, 5.41) is 26.3. The molecule has 10 heteroatoms. The molecule has 4 aromatic rings. The summed E-state index contributed by atoms with van der Waals surface area (Å²) in [6.45, 7) is 2.37. The van der Waals surface area contributed by atoms with Gasteiger partial charge in [0.05, 0.1) is 5.69 Å². The molecule has 1 fully saturated rings. The van der Waals surface area contributed by atoms with Crippen LogP contribution >= 0.6 is 11.3 Å². The molecule has 2 amide bonds. The first-order chi connectivity index (χ1) is 20.0. The minimum Gasteiger partial charge on any atom is -0.487 e. The molecule has 0 radical (unpaired) electrons. The van der Waals surface area contributed by atoms with Gasteiger partial charge in [0.15, 0.2) is 12.2 Å². The summed E-state index contributed by atoms with van der Waals surface area (Å²) < 4.78 is 5.90. The molecular formula is C31H32N4O5S. The second kappa shape index (κ2) is 13.4. The molecule has 3 aromatic carbocycles. The first-order valence-electron chi connectivity index (χ1n) is 13.4. The Labute approximate surface area is 242 Å². The van der Waals surface area contributed by atoms with Gasteiger partial charge < -0.3 is 30.1 Å². The summed E-state index contributed by atoms with van der Waals surface area (Å²) in [6.07, 6.45) is -3.72. The minimum absolute atomic E-state index is 0.0958. The Morgan fingerprint density at radius 2 is 1.61 bits per heavy atom. The maximum Gasteiger partial charge on any atom is 0.254 e. The van der Waals surface area contributed by atoms with Gasteiger partial charge in [-0.3, -0.25) is 9.59 Å². The molecule has 5 rings (SSSR count). The number of anilines is 1. The number of para-hydroxylation sites is 1. The van der Waals surface area contributed by atoms with Gasteiger partial charge in [0.25, 0.3) is 11.8 Å². The summed E-state index contributed by atoms with van der Waals surface area (Å²) in [7, 11) is 0. The van der Waals surface area contributed by atoms with Crippen LogP contribution in [0, 0.1) is 0 Å². The molecule has 9 nitrogen and oxygen atoms in total. The van der Waals surface area contributed by atoms with Crippen LogP contribution in [0.5, 0.6) is 5.75 Å². The van der Waals surface area contributed by atoms with E-state index in [2.05, 4.69) is 15.2 Å². The third-order valence-corrected chi connectivity index (χ3v) is 7.80. The van der Waals surface area contributed by atoms with Crippen molar-refractivity contribution in [3.8, 4) is 16.3 Å². The molecule has 212 valence electrons. The Balaban J connectivity index is 1.08. The zero-order valence-corrected chi connectivity index (χ0v) is 23.2. The maximum atomic E-state index is 12.8. The predicted molar refractivity (Wildman–Crippen MR) is 157 cm³/mol. The van der Waals surface area contributed by atoms with Crippen molar-refractivity contribution < 1.29 is 24.5 Å². The SMILES string of the molecule is O=C(NCc1cccc(OCc2csc(-c3ccccc3)n2)c1)[C@H](O)[C@@H](O)C(=O)N1CCN(c2ccccc2)CC1.